The van der Waals surface area contributed by atoms with Crippen molar-refractivity contribution in [1.82, 2.24) is 5.32 Å². The second-order valence-corrected chi connectivity index (χ2v) is 5.28. The van der Waals surface area contributed by atoms with Crippen molar-refractivity contribution in [2.75, 3.05) is 0 Å². The molecular weight excluding hydrogens is 226 g/mol. The van der Waals surface area contributed by atoms with Gasteiger partial charge in [-0.2, -0.15) is 0 Å². The highest BCUT2D eigenvalue weighted by atomic mass is 16.3. The molecule has 1 amide bonds. The molecule has 3 nitrogen and oxygen atoms in total. The number of rotatable bonds is 3. The van der Waals surface area contributed by atoms with Gasteiger partial charge in [0.2, 0.25) is 5.91 Å². The summed E-state index contributed by atoms with van der Waals surface area (Å²) in [6.45, 7) is 0.505. The van der Waals surface area contributed by atoms with Crippen molar-refractivity contribution in [3.8, 4) is 0 Å². The standard InChI is InChI=1S/C15H19NO2/c17-15(16-10-11-6-5-9-18-11)14-12-7-3-1-2-4-8-13(12)14/h3,5-7,9,12-14H,1-2,4,8,10H2,(H,16,17)/t12-,13+,14+/m0/s1. The van der Waals surface area contributed by atoms with Gasteiger partial charge in [0.15, 0.2) is 0 Å². The predicted octanol–water partition coefficient (Wildman–Crippen LogP) is 2.89. The molecule has 1 N–H and O–H groups in total. The number of hydrogen-bond donors (Lipinski definition) is 1. The van der Waals surface area contributed by atoms with Crippen LogP contribution in [0.25, 0.3) is 0 Å². The molecule has 1 saturated carbocycles. The lowest BCUT2D eigenvalue weighted by Gasteiger charge is -2.02. The highest BCUT2D eigenvalue weighted by Gasteiger charge is 2.52. The Hall–Kier alpha value is -1.51. The summed E-state index contributed by atoms with van der Waals surface area (Å²) in [4.78, 5) is 12.1. The molecule has 0 unspecified atom stereocenters. The lowest BCUT2D eigenvalue weighted by Crippen LogP contribution is -2.25. The quantitative estimate of drug-likeness (QED) is 0.832. The van der Waals surface area contributed by atoms with Crippen molar-refractivity contribution in [2.24, 2.45) is 17.8 Å². The molecule has 0 spiro atoms. The van der Waals surface area contributed by atoms with Crippen LogP contribution in [0.3, 0.4) is 0 Å². The van der Waals surface area contributed by atoms with E-state index in [0.29, 0.717) is 18.4 Å². The summed E-state index contributed by atoms with van der Waals surface area (Å²) in [5, 5.41) is 2.98. The molecule has 96 valence electrons. The van der Waals surface area contributed by atoms with Gasteiger partial charge in [-0.1, -0.05) is 18.6 Å². The van der Waals surface area contributed by atoms with Crippen LogP contribution in [-0.2, 0) is 11.3 Å². The van der Waals surface area contributed by atoms with E-state index in [2.05, 4.69) is 17.5 Å². The second kappa shape index (κ2) is 5.01. The molecule has 18 heavy (non-hydrogen) atoms. The number of hydrogen-bond acceptors (Lipinski definition) is 2. The Morgan fingerprint density at radius 1 is 1.44 bits per heavy atom. The molecule has 2 aliphatic carbocycles. The summed E-state index contributed by atoms with van der Waals surface area (Å²) in [6, 6.07) is 3.73. The third-order valence-corrected chi connectivity index (χ3v) is 4.07. The molecule has 1 fully saturated rings. The summed E-state index contributed by atoms with van der Waals surface area (Å²) in [5.74, 6) is 2.28. The van der Waals surface area contributed by atoms with Crippen molar-refractivity contribution in [3.05, 3.63) is 36.3 Å². The maximum absolute atomic E-state index is 12.1. The average Bonchev–Trinajstić information content (AvgIpc) is 2.79. The van der Waals surface area contributed by atoms with E-state index < -0.39 is 0 Å². The van der Waals surface area contributed by atoms with E-state index in [1.165, 1.54) is 25.7 Å². The van der Waals surface area contributed by atoms with Crippen LogP contribution in [0.15, 0.2) is 35.0 Å². The van der Waals surface area contributed by atoms with Gasteiger partial charge in [-0.05, 0) is 43.2 Å². The molecule has 0 saturated heterocycles. The number of amides is 1. The number of carbonyl (C=O) groups excluding carboxylic acids is 1. The molecular formula is C15H19NO2. The van der Waals surface area contributed by atoms with Crippen LogP contribution in [0.5, 0.6) is 0 Å². The molecule has 0 aromatic carbocycles. The van der Waals surface area contributed by atoms with Gasteiger partial charge in [0.1, 0.15) is 5.76 Å². The summed E-state index contributed by atoms with van der Waals surface area (Å²) < 4.78 is 5.21. The summed E-state index contributed by atoms with van der Waals surface area (Å²) >= 11 is 0. The molecule has 0 radical (unpaired) electrons. The Balaban J connectivity index is 1.54. The second-order valence-electron chi connectivity index (χ2n) is 5.28. The first-order valence-corrected chi connectivity index (χ1v) is 6.83. The lowest BCUT2D eigenvalue weighted by molar-refractivity contribution is -0.123. The minimum atomic E-state index is 0.188. The fourth-order valence-electron chi connectivity index (χ4n) is 3.00. The highest BCUT2D eigenvalue weighted by Crippen LogP contribution is 2.51. The first-order valence-electron chi connectivity index (χ1n) is 6.83. The van der Waals surface area contributed by atoms with Gasteiger partial charge in [-0.15, -0.1) is 0 Å². The Kier molecular flexibility index (Phi) is 3.22. The molecule has 0 bridgehead atoms. The SMILES string of the molecule is O=C(NCc1ccco1)[C@@H]1[C@H]2C=CCCCC[C@H]21. The summed E-state index contributed by atoms with van der Waals surface area (Å²) in [7, 11) is 0. The molecule has 1 aromatic heterocycles. The Morgan fingerprint density at radius 3 is 3.22 bits per heavy atom. The first kappa shape index (κ1) is 11.6. The lowest BCUT2D eigenvalue weighted by atomic mass is 10.1. The van der Waals surface area contributed by atoms with E-state index in [0.717, 1.165) is 5.76 Å². The van der Waals surface area contributed by atoms with Crippen LogP contribution in [0, 0.1) is 17.8 Å². The first-order chi connectivity index (χ1) is 8.86. The number of allylic oxidation sites excluding steroid dienone is 2. The smallest absolute Gasteiger partial charge is 0.224 e. The van der Waals surface area contributed by atoms with Crippen LogP contribution < -0.4 is 5.32 Å². The largest absolute Gasteiger partial charge is 0.467 e. The minimum Gasteiger partial charge on any atom is -0.467 e. The molecule has 3 heteroatoms. The van der Waals surface area contributed by atoms with Crippen LogP contribution in [0.2, 0.25) is 0 Å². The summed E-state index contributed by atoms with van der Waals surface area (Å²) in [6.07, 6.45) is 11.0. The topological polar surface area (TPSA) is 42.2 Å². The van der Waals surface area contributed by atoms with E-state index in [1.807, 2.05) is 12.1 Å². The predicted molar refractivity (Wildman–Crippen MR) is 68.6 cm³/mol. The molecule has 2 aliphatic rings. The van der Waals surface area contributed by atoms with Crippen molar-refractivity contribution in [2.45, 2.75) is 32.2 Å². The van der Waals surface area contributed by atoms with Crippen molar-refractivity contribution in [1.29, 1.82) is 0 Å². The van der Waals surface area contributed by atoms with E-state index in [1.54, 1.807) is 6.26 Å². The maximum Gasteiger partial charge on any atom is 0.224 e. The number of furan rings is 1. The van der Waals surface area contributed by atoms with Gasteiger partial charge < -0.3 is 9.73 Å². The monoisotopic (exact) mass is 245 g/mol. The zero-order valence-corrected chi connectivity index (χ0v) is 10.5. The van der Waals surface area contributed by atoms with Crippen molar-refractivity contribution < 1.29 is 9.21 Å². The molecule has 3 atom stereocenters. The van der Waals surface area contributed by atoms with Crippen molar-refractivity contribution in [3.63, 3.8) is 0 Å². The Labute approximate surface area is 107 Å². The van der Waals surface area contributed by atoms with E-state index in [-0.39, 0.29) is 11.8 Å². The van der Waals surface area contributed by atoms with Gasteiger partial charge in [0.25, 0.3) is 0 Å². The van der Waals surface area contributed by atoms with Gasteiger partial charge in [-0.25, -0.2) is 0 Å². The van der Waals surface area contributed by atoms with Crippen LogP contribution in [0.1, 0.15) is 31.4 Å². The fraction of sp³-hybridized carbons (Fsp3) is 0.533. The van der Waals surface area contributed by atoms with Gasteiger partial charge in [-0.3, -0.25) is 4.79 Å². The van der Waals surface area contributed by atoms with E-state index in [4.69, 9.17) is 4.42 Å². The van der Waals surface area contributed by atoms with Crippen LogP contribution in [0.4, 0.5) is 0 Å². The molecule has 3 rings (SSSR count). The van der Waals surface area contributed by atoms with E-state index in [9.17, 15) is 4.79 Å². The van der Waals surface area contributed by atoms with Crippen LogP contribution in [-0.4, -0.2) is 5.91 Å². The molecule has 1 aromatic rings. The molecule has 0 aliphatic heterocycles. The number of fused-ring (bicyclic) bond motifs is 1. The zero-order valence-electron chi connectivity index (χ0n) is 10.5. The maximum atomic E-state index is 12.1. The zero-order chi connectivity index (χ0) is 12.4. The normalized spacial score (nSPS) is 30.1. The Morgan fingerprint density at radius 2 is 2.39 bits per heavy atom. The minimum absolute atomic E-state index is 0.188. The molecule has 1 heterocycles. The number of nitrogens with one attached hydrogen (secondary N) is 1. The van der Waals surface area contributed by atoms with Crippen molar-refractivity contribution >= 4 is 5.91 Å². The number of carbonyl (C=O) groups is 1. The van der Waals surface area contributed by atoms with Crippen LogP contribution >= 0.6 is 0 Å². The highest BCUT2D eigenvalue weighted by molar-refractivity contribution is 5.82. The fourth-order valence-corrected chi connectivity index (χ4v) is 3.00. The van der Waals surface area contributed by atoms with Gasteiger partial charge in [0, 0.05) is 5.92 Å². The van der Waals surface area contributed by atoms with Gasteiger partial charge >= 0.3 is 0 Å². The Bertz CT molecular complexity index is 435. The third-order valence-electron chi connectivity index (χ3n) is 4.07. The van der Waals surface area contributed by atoms with E-state index >= 15 is 0 Å². The summed E-state index contributed by atoms with van der Waals surface area (Å²) in [5.41, 5.74) is 0. The average molecular weight is 245 g/mol. The van der Waals surface area contributed by atoms with Gasteiger partial charge in [0.05, 0.1) is 12.8 Å². The third kappa shape index (κ3) is 2.35.